The highest BCUT2D eigenvalue weighted by Gasteiger charge is 2.16. The molecule has 0 saturated carbocycles. The number of para-hydroxylation sites is 1. The zero-order valence-electron chi connectivity index (χ0n) is 15.3. The highest BCUT2D eigenvalue weighted by molar-refractivity contribution is 5.92. The van der Waals surface area contributed by atoms with Crippen LogP contribution in [0.1, 0.15) is 30.8 Å². The molecule has 0 radical (unpaired) electrons. The third-order valence-corrected chi connectivity index (χ3v) is 3.93. The van der Waals surface area contributed by atoms with Crippen LogP contribution >= 0.6 is 24.8 Å². The second-order valence-corrected chi connectivity index (χ2v) is 6.22. The maximum atomic E-state index is 12.5. The van der Waals surface area contributed by atoms with Crippen LogP contribution in [0.3, 0.4) is 0 Å². The van der Waals surface area contributed by atoms with Gasteiger partial charge in [-0.3, -0.25) is 9.78 Å². The van der Waals surface area contributed by atoms with Gasteiger partial charge in [-0.15, -0.1) is 24.8 Å². The molecular formula is C19H27Cl2N3O2. The van der Waals surface area contributed by atoms with E-state index in [1.165, 1.54) is 0 Å². The minimum Gasteiger partial charge on any atom is -0.457 e. The molecule has 1 atom stereocenters. The first-order valence-corrected chi connectivity index (χ1v) is 8.17. The summed E-state index contributed by atoms with van der Waals surface area (Å²) < 4.78 is 5.75. The van der Waals surface area contributed by atoms with Gasteiger partial charge in [0.2, 0.25) is 0 Å². The molecule has 1 aromatic carbocycles. The van der Waals surface area contributed by atoms with Crippen molar-refractivity contribution in [2.24, 2.45) is 11.7 Å². The van der Waals surface area contributed by atoms with Gasteiger partial charge in [-0.1, -0.05) is 32.0 Å². The summed E-state index contributed by atoms with van der Waals surface area (Å²) in [7, 11) is 1.77. The third-order valence-electron chi connectivity index (χ3n) is 3.93. The molecule has 0 aliphatic heterocycles. The number of hydrogen-bond donors (Lipinski definition) is 1. The van der Waals surface area contributed by atoms with Gasteiger partial charge >= 0.3 is 0 Å². The van der Waals surface area contributed by atoms with Gasteiger partial charge in [0.15, 0.2) is 0 Å². The maximum absolute atomic E-state index is 12.5. The van der Waals surface area contributed by atoms with Crippen LogP contribution in [0.5, 0.6) is 11.5 Å². The van der Waals surface area contributed by atoms with Crippen LogP contribution in [0, 0.1) is 5.92 Å². The van der Waals surface area contributed by atoms with Crippen molar-refractivity contribution in [3.8, 4) is 11.5 Å². The summed E-state index contributed by atoms with van der Waals surface area (Å²) in [6, 6.07) is 12.9. The van der Waals surface area contributed by atoms with E-state index >= 15 is 0 Å². The first-order chi connectivity index (χ1) is 11.5. The number of carbonyl (C=O) groups is 1. The van der Waals surface area contributed by atoms with Crippen LogP contribution in [-0.2, 0) is 0 Å². The molecule has 7 heteroatoms. The smallest absolute Gasteiger partial charge is 0.272 e. The topological polar surface area (TPSA) is 68.5 Å². The molecule has 0 aliphatic rings. The number of hydrogen-bond acceptors (Lipinski definition) is 4. The van der Waals surface area contributed by atoms with Crippen LogP contribution in [0.25, 0.3) is 0 Å². The number of aromatic nitrogens is 1. The lowest BCUT2D eigenvalue weighted by molar-refractivity contribution is 0.0783. The van der Waals surface area contributed by atoms with E-state index in [0.717, 1.165) is 12.2 Å². The van der Waals surface area contributed by atoms with E-state index in [9.17, 15) is 4.79 Å². The standard InChI is InChI=1S/C19H25N3O2.2ClH/c1-14(2)17(20)10-12-22(3)19(23)18-13-16(9-11-21-18)24-15-7-5-4-6-8-15;;/h4-9,11,13-14,17H,10,12,20H2,1-3H3;2*1H. The molecular weight excluding hydrogens is 373 g/mol. The molecule has 0 fully saturated rings. The summed E-state index contributed by atoms with van der Waals surface area (Å²) in [5.41, 5.74) is 6.40. The first kappa shape index (κ1) is 24.2. The zero-order valence-corrected chi connectivity index (χ0v) is 16.9. The molecule has 0 bridgehead atoms. The lowest BCUT2D eigenvalue weighted by atomic mass is 10.0. The van der Waals surface area contributed by atoms with Gasteiger partial charge in [0.1, 0.15) is 17.2 Å². The summed E-state index contributed by atoms with van der Waals surface area (Å²) >= 11 is 0. The summed E-state index contributed by atoms with van der Waals surface area (Å²) in [4.78, 5) is 18.3. The zero-order chi connectivity index (χ0) is 17.5. The predicted molar refractivity (Wildman–Crippen MR) is 110 cm³/mol. The Labute approximate surface area is 167 Å². The Balaban J connectivity index is 0.00000312. The highest BCUT2D eigenvalue weighted by atomic mass is 35.5. The van der Waals surface area contributed by atoms with Gasteiger partial charge < -0.3 is 15.4 Å². The van der Waals surface area contributed by atoms with E-state index in [1.54, 1.807) is 30.3 Å². The molecule has 2 rings (SSSR count). The second kappa shape index (κ2) is 11.7. The number of benzene rings is 1. The fraction of sp³-hybridized carbons (Fsp3) is 0.368. The maximum Gasteiger partial charge on any atom is 0.272 e. The van der Waals surface area contributed by atoms with Gasteiger partial charge in [-0.2, -0.15) is 0 Å². The molecule has 2 N–H and O–H groups in total. The summed E-state index contributed by atoms with van der Waals surface area (Å²) in [5, 5.41) is 0. The fourth-order valence-electron chi connectivity index (χ4n) is 2.19. The van der Waals surface area contributed by atoms with Crippen molar-refractivity contribution in [1.29, 1.82) is 0 Å². The molecule has 26 heavy (non-hydrogen) atoms. The van der Waals surface area contributed by atoms with E-state index in [1.807, 2.05) is 30.3 Å². The van der Waals surface area contributed by atoms with Gasteiger partial charge in [0, 0.05) is 31.9 Å². The fourth-order valence-corrected chi connectivity index (χ4v) is 2.19. The number of halogens is 2. The van der Waals surface area contributed by atoms with Crippen LogP contribution in [0.15, 0.2) is 48.7 Å². The van der Waals surface area contributed by atoms with Crippen LogP contribution in [0.4, 0.5) is 0 Å². The van der Waals surface area contributed by atoms with Crippen molar-refractivity contribution < 1.29 is 9.53 Å². The molecule has 1 aromatic heterocycles. The van der Waals surface area contributed by atoms with E-state index < -0.39 is 0 Å². The number of nitrogens with two attached hydrogens (primary N) is 1. The SMILES string of the molecule is CC(C)C(N)CCN(C)C(=O)c1cc(Oc2ccccc2)ccn1.Cl.Cl. The number of carbonyl (C=O) groups excluding carboxylic acids is 1. The normalized spacial score (nSPS) is 11.1. The van der Waals surface area contributed by atoms with Crippen LogP contribution in [0.2, 0.25) is 0 Å². The average Bonchev–Trinajstić information content (AvgIpc) is 2.59. The molecule has 144 valence electrons. The van der Waals surface area contributed by atoms with Gasteiger partial charge in [-0.25, -0.2) is 0 Å². The number of nitrogens with zero attached hydrogens (tertiary/aromatic N) is 2. The van der Waals surface area contributed by atoms with Crippen molar-refractivity contribution in [3.05, 3.63) is 54.4 Å². The Hall–Kier alpha value is -1.82. The highest BCUT2D eigenvalue weighted by Crippen LogP contribution is 2.21. The van der Waals surface area contributed by atoms with E-state index in [-0.39, 0.29) is 36.8 Å². The predicted octanol–water partition coefficient (Wildman–Crippen LogP) is 4.16. The molecule has 1 amide bonds. The van der Waals surface area contributed by atoms with Crippen molar-refractivity contribution in [1.82, 2.24) is 9.88 Å². The Morgan fingerprint density at radius 1 is 1.15 bits per heavy atom. The molecule has 1 heterocycles. The molecule has 0 aliphatic carbocycles. The lowest BCUT2D eigenvalue weighted by Gasteiger charge is -2.21. The van der Waals surface area contributed by atoms with Crippen molar-refractivity contribution >= 4 is 30.7 Å². The number of rotatable bonds is 7. The Kier molecular flexibility index (Phi) is 10.9. The first-order valence-electron chi connectivity index (χ1n) is 8.17. The van der Waals surface area contributed by atoms with Crippen LogP contribution < -0.4 is 10.5 Å². The van der Waals surface area contributed by atoms with Crippen LogP contribution in [-0.4, -0.2) is 35.4 Å². The molecule has 1 unspecified atom stereocenters. The second-order valence-electron chi connectivity index (χ2n) is 6.22. The lowest BCUT2D eigenvalue weighted by Crippen LogP contribution is -2.34. The minimum atomic E-state index is -0.135. The number of amides is 1. The van der Waals surface area contributed by atoms with Gasteiger partial charge in [0.25, 0.3) is 5.91 Å². The van der Waals surface area contributed by atoms with Gasteiger partial charge in [0.05, 0.1) is 0 Å². The van der Waals surface area contributed by atoms with Gasteiger partial charge in [-0.05, 0) is 30.5 Å². The average molecular weight is 400 g/mol. The Morgan fingerprint density at radius 2 is 1.81 bits per heavy atom. The molecule has 0 saturated heterocycles. The van der Waals surface area contributed by atoms with Crippen molar-refractivity contribution in [2.75, 3.05) is 13.6 Å². The third kappa shape index (κ3) is 7.20. The molecule has 2 aromatic rings. The Morgan fingerprint density at radius 3 is 2.42 bits per heavy atom. The quantitative estimate of drug-likeness (QED) is 0.758. The molecule has 0 spiro atoms. The number of ether oxygens (including phenoxy) is 1. The van der Waals surface area contributed by atoms with E-state index in [2.05, 4.69) is 18.8 Å². The minimum absolute atomic E-state index is 0. The largest absolute Gasteiger partial charge is 0.457 e. The van der Waals surface area contributed by atoms with E-state index in [0.29, 0.717) is 23.9 Å². The summed E-state index contributed by atoms with van der Waals surface area (Å²) in [5.74, 6) is 1.57. The number of pyridine rings is 1. The van der Waals surface area contributed by atoms with E-state index in [4.69, 9.17) is 10.5 Å². The monoisotopic (exact) mass is 399 g/mol. The summed E-state index contributed by atoms with van der Waals surface area (Å²) in [6.07, 6.45) is 2.35. The Bertz CT molecular complexity index is 669. The van der Waals surface area contributed by atoms with Crippen molar-refractivity contribution in [3.63, 3.8) is 0 Å². The van der Waals surface area contributed by atoms with Crippen molar-refractivity contribution in [2.45, 2.75) is 26.3 Å². The molecule has 5 nitrogen and oxygen atoms in total. The summed E-state index contributed by atoms with van der Waals surface area (Å²) in [6.45, 7) is 4.76.